The first-order chi connectivity index (χ1) is 29.9. The molecule has 2 aromatic heterocycles. The van der Waals surface area contributed by atoms with E-state index in [2.05, 4.69) is 200 Å². The van der Waals surface area contributed by atoms with Gasteiger partial charge in [-0.3, -0.25) is 0 Å². The number of pyridine rings is 1. The maximum absolute atomic E-state index is 6.68. The Morgan fingerprint density at radius 2 is 1.24 bits per heavy atom. The van der Waals surface area contributed by atoms with Crippen LogP contribution in [0.1, 0.15) is 26.3 Å². The molecule has 0 N–H and O–H groups in total. The summed E-state index contributed by atoms with van der Waals surface area (Å²) in [7, 11) is 0. The Kier molecular flexibility index (Phi) is 9.99. The fourth-order valence-electron chi connectivity index (χ4n) is 8.72. The van der Waals surface area contributed by atoms with Crippen molar-refractivity contribution in [3.05, 3.63) is 213 Å². The Hall–Kier alpha value is -6.97. The maximum Gasteiger partial charge on any atom is 0.135 e. The molecule has 6 heteroatoms. The summed E-state index contributed by atoms with van der Waals surface area (Å²) in [5, 5.41) is 4.59. The Labute approximate surface area is 376 Å². The number of hydrogen-bond donors (Lipinski definition) is 0. The molecule has 11 rings (SSSR count). The molecule has 3 heterocycles. The topological polar surface area (TPSA) is 33.5 Å². The molecule has 10 aromatic rings. The van der Waals surface area contributed by atoms with Gasteiger partial charge in [-0.2, -0.15) is 12.1 Å². The summed E-state index contributed by atoms with van der Waals surface area (Å²) in [5.41, 5.74) is 12.0. The molecule has 8 aromatic carbocycles. The van der Waals surface area contributed by atoms with Gasteiger partial charge >= 0.3 is 0 Å². The molecule has 0 atom stereocenters. The number of ether oxygens (including phenoxy) is 1. The van der Waals surface area contributed by atoms with Crippen LogP contribution in [0.2, 0.25) is 0 Å². The zero-order valence-corrected chi connectivity index (χ0v) is 36.0. The number of aromatic nitrogens is 2. The number of para-hydroxylation sites is 1. The van der Waals surface area contributed by atoms with E-state index in [0.717, 1.165) is 78.0 Å². The van der Waals surface area contributed by atoms with Gasteiger partial charge in [0.15, 0.2) is 0 Å². The average molecular weight is 892 g/mol. The maximum atomic E-state index is 6.68. The molecule has 0 aliphatic carbocycles. The third-order valence-electron chi connectivity index (χ3n) is 11.7. The smallest absolute Gasteiger partial charge is 0.135 e. The van der Waals surface area contributed by atoms with Gasteiger partial charge in [-0.05, 0) is 57.1 Å². The van der Waals surface area contributed by atoms with E-state index in [1.54, 1.807) is 0 Å². The van der Waals surface area contributed by atoms with Gasteiger partial charge in [0.25, 0.3) is 0 Å². The van der Waals surface area contributed by atoms with Crippen molar-refractivity contribution in [1.82, 2.24) is 9.55 Å². The summed E-state index contributed by atoms with van der Waals surface area (Å²) in [5.74, 6) is 2.02. The quantitative estimate of drug-likeness (QED) is 0.118. The Morgan fingerprint density at radius 1 is 0.548 bits per heavy atom. The molecule has 62 heavy (non-hydrogen) atoms. The third-order valence-corrected chi connectivity index (χ3v) is 11.7. The number of nitrogens with zero attached hydrogens (tertiary/aromatic N) is 4. The Balaban J connectivity index is 0.00000458. The number of rotatable bonds is 7. The summed E-state index contributed by atoms with van der Waals surface area (Å²) in [6.45, 7) is 8.95. The van der Waals surface area contributed by atoms with Crippen LogP contribution in [0.25, 0.3) is 60.6 Å². The summed E-state index contributed by atoms with van der Waals surface area (Å²) >= 11 is 0. The van der Waals surface area contributed by atoms with Crippen LogP contribution in [0.15, 0.2) is 188 Å². The first-order valence-electron chi connectivity index (χ1n) is 20.7. The number of fused-ring (bicyclic) bond motifs is 6. The van der Waals surface area contributed by atoms with E-state index in [0.29, 0.717) is 11.5 Å². The Morgan fingerprint density at radius 3 is 1.97 bits per heavy atom. The molecule has 0 spiro atoms. The molecule has 1 aliphatic heterocycles. The van der Waals surface area contributed by atoms with E-state index in [4.69, 9.17) is 9.72 Å². The number of anilines is 4. The van der Waals surface area contributed by atoms with E-state index in [1.807, 2.05) is 42.6 Å². The van der Waals surface area contributed by atoms with Crippen LogP contribution in [0.4, 0.5) is 22.7 Å². The van der Waals surface area contributed by atoms with Crippen molar-refractivity contribution in [3.8, 4) is 39.6 Å². The minimum absolute atomic E-state index is 0. The molecule has 5 nitrogen and oxygen atoms in total. The van der Waals surface area contributed by atoms with Gasteiger partial charge in [-0.25, -0.2) is 4.98 Å². The molecule has 0 radical (unpaired) electrons. The number of hydrogen-bond acceptors (Lipinski definition) is 4. The fraction of sp³-hybridized carbons (Fsp3) is 0.0714. The fourth-order valence-corrected chi connectivity index (χ4v) is 8.72. The molecule has 0 bridgehead atoms. The monoisotopic (exact) mass is 891 g/mol. The molecule has 1 aliphatic rings. The summed E-state index contributed by atoms with van der Waals surface area (Å²) in [6.07, 6.45) is 1.83. The molecule has 304 valence electrons. The third kappa shape index (κ3) is 6.83. The minimum atomic E-state index is 0. The van der Waals surface area contributed by atoms with Crippen molar-refractivity contribution in [2.75, 3.05) is 9.80 Å². The van der Waals surface area contributed by atoms with E-state index < -0.39 is 0 Å². The van der Waals surface area contributed by atoms with E-state index in [-0.39, 0.29) is 25.8 Å². The van der Waals surface area contributed by atoms with Gasteiger partial charge in [0, 0.05) is 77.2 Å². The summed E-state index contributed by atoms with van der Waals surface area (Å²) < 4.78 is 8.85. The van der Waals surface area contributed by atoms with Gasteiger partial charge < -0.3 is 19.1 Å². The van der Waals surface area contributed by atoms with Gasteiger partial charge in [0.05, 0.1) is 0 Å². The van der Waals surface area contributed by atoms with Crippen molar-refractivity contribution in [1.29, 1.82) is 0 Å². The van der Waals surface area contributed by atoms with Crippen molar-refractivity contribution in [2.45, 2.75) is 26.2 Å². The molecular formula is C56H41N4OPd-3. The van der Waals surface area contributed by atoms with Crippen molar-refractivity contribution >= 4 is 55.3 Å². The van der Waals surface area contributed by atoms with Crippen LogP contribution in [0, 0.1) is 18.8 Å². The van der Waals surface area contributed by atoms with Crippen LogP contribution in [0.3, 0.4) is 0 Å². The van der Waals surface area contributed by atoms with Gasteiger partial charge in [0.2, 0.25) is 0 Å². The summed E-state index contributed by atoms with van der Waals surface area (Å²) in [4.78, 5) is 9.35. The standard InChI is InChI=1S/C56H41N4O.Pd/c1-56(2,3)41-28-32-50-49(34-41)48-30-29-44(36-52(48)60(50)53-26-12-13-33-57-53)61-43-22-14-21-42(35-43)58-37-59(55-47-23-11-10-20-40(47)27-31-51(55)58)54-45(38-16-6-4-7-17-38)24-15-25-46(54)39-18-8-5-9-19-39;/h4-34,37H,1-3H3;/q-3;. The second kappa shape index (κ2) is 15.8. The van der Waals surface area contributed by atoms with Gasteiger partial charge in [0.1, 0.15) is 5.82 Å². The zero-order valence-electron chi connectivity index (χ0n) is 34.5. The van der Waals surface area contributed by atoms with Crippen LogP contribution in [0.5, 0.6) is 11.5 Å². The minimum Gasteiger partial charge on any atom is -0.509 e. The summed E-state index contributed by atoms with van der Waals surface area (Å²) in [6, 6.07) is 71.2. The Bertz CT molecular complexity index is 3190. The molecular weight excluding hydrogens is 851 g/mol. The van der Waals surface area contributed by atoms with Crippen LogP contribution in [-0.4, -0.2) is 9.55 Å². The normalized spacial score (nSPS) is 12.5. The first kappa shape index (κ1) is 39.2. The second-order valence-corrected chi connectivity index (χ2v) is 16.5. The van der Waals surface area contributed by atoms with Crippen LogP contribution in [-0.2, 0) is 25.8 Å². The first-order valence-corrected chi connectivity index (χ1v) is 20.7. The van der Waals surface area contributed by atoms with Crippen molar-refractivity contribution in [2.24, 2.45) is 0 Å². The predicted molar refractivity (Wildman–Crippen MR) is 251 cm³/mol. The largest absolute Gasteiger partial charge is 0.509 e. The second-order valence-electron chi connectivity index (χ2n) is 16.5. The molecule has 0 fully saturated rings. The van der Waals surface area contributed by atoms with E-state index >= 15 is 0 Å². The van der Waals surface area contributed by atoms with Gasteiger partial charge in [-0.15, -0.1) is 48.1 Å². The molecule has 0 saturated heterocycles. The molecule has 0 saturated carbocycles. The van der Waals surface area contributed by atoms with Gasteiger partial charge in [-0.1, -0.05) is 154 Å². The number of benzene rings is 8. The van der Waals surface area contributed by atoms with Crippen LogP contribution < -0.4 is 14.5 Å². The zero-order chi connectivity index (χ0) is 41.1. The van der Waals surface area contributed by atoms with E-state index in [9.17, 15) is 0 Å². The molecule has 0 amide bonds. The van der Waals surface area contributed by atoms with E-state index in [1.165, 1.54) is 10.9 Å². The SMILES string of the molecule is CC(C)(C)c1ccc2c(c1)c1ccc(Oc3[c-]c(N4[CH-]N(c5c(-c6ccccc6)cccc5-c5ccccc5)c5c4ccc4ccccc54)ccc3)[c-]c1n2-c1ccccn1.[Pd]. The van der Waals surface area contributed by atoms with Crippen molar-refractivity contribution in [3.63, 3.8) is 0 Å². The van der Waals surface area contributed by atoms with Crippen LogP contribution >= 0.6 is 0 Å². The molecule has 0 unspecified atom stereocenters. The predicted octanol–water partition coefficient (Wildman–Crippen LogP) is 14.8. The average Bonchev–Trinajstić information content (AvgIpc) is 3.85. The van der Waals surface area contributed by atoms with Crippen molar-refractivity contribution < 1.29 is 25.2 Å².